The lowest BCUT2D eigenvalue weighted by molar-refractivity contribution is 0.727. The smallest absolute Gasteiger partial charge is 0.0825 e. The molecule has 0 atom stereocenters. The molecule has 4 aliphatic rings. The van der Waals surface area contributed by atoms with Crippen molar-refractivity contribution in [1.29, 1.82) is 0 Å². The van der Waals surface area contributed by atoms with Gasteiger partial charge in [0.15, 0.2) is 0 Å². The standard InChI is InChI=1S/4C3H6N2/c3*1-2-5-3-4-1;1-2-4-5-3-1/h3*3H,1-2H2,(H,4,5);1-2,4-5H,3H2. The second kappa shape index (κ2) is 13.3. The Morgan fingerprint density at radius 2 is 1.20 bits per heavy atom. The van der Waals surface area contributed by atoms with Gasteiger partial charge in [0.05, 0.1) is 38.6 Å². The highest BCUT2D eigenvalue weighted by atomic mass is 15.4. The van der Waals surface area contributed by atoms with E-state index in [0.29, 0.717) is 0 Å². The third kappa shape index (κ3) is 11.0. The van der Waals surface area contributed by atoms with Gasteiger partial charge in [0.25, 0.3) is 0 Å². The molecule has 8 nitrogen and oxygen atoms in total. The maximum atomic E-state index is 3.85. The summed E-state index contributed by atoms with van der Waals surface area (Å²) >= 11 is 0. The summed E-state index contributed by atoms with van der Waals surface area (Å²) in [4.78, 5) is 11.5. The van der Waals surface area contributed by atoms with Crippen molar-refractivity contribution in [3.63, 3.8) is 0 Å². The molecule has 0 radical (unpaired) electrons. The van der Waals surface area contributed by atoms with Gasteiger partial charge in [0.2, 0.25) is 0 Å². The summed E-state index contributed by atoms with van der Waals surface area (Å²) in [7, 11) is 0. The summed E-state index contributed by atoms with van der Waals surface area (Å²) in [5, 5.41) is 8.79. The second-order valence-electron chi connectivity index (χ2n) is 3.90. The lowest BCUT2D eigenvalue weighted by atomic mass is 10.7. The Balaban J connectivity index is 0.000000133. The second-order valence-corrected chi connectivity index (χ2v) is 3.90. The summed E-state index contributed by atoms with van der Waals surface area (Å²) in [6.45, 7) is 6.92. The minimum atomic E-state index is 0.958. The van der Waals surface area contributed by atoms with Gasteiger partial charge in [-0.25, -0.2) is 5.43 Å². The lowest BCUT2D eigenvalue weighted by Gasteiger charge is -1.83. The van der Waals surface area contributed by atoms with Crippen LogP contribution in [0.25, 0.3) is 0 Å². The van der Waals surface area contributed by atoms with Crippen molar-refractivity contribution < 1.29 is 0 Å². The fourth-order valence-electron chi connectivity index (χ4n) is 1.26. The predicted octanol–water partition coefficient (Wildman–Crippen LogP) is -1.54. The lowest BCUT2D eigenvalue weighted by Crippen LogP contribution is -2.19. The Labute approximate surface area is 119 Å². The molecule has 5 N–H and O–H groups in total. The SMILES string of the molecule is C1=CNNC1.C1=NCCN1.C1=NCCN1.C1=NCCN1. The molecule has 0 aromatic rings. The fraction of sp³-hybridized carbons (Fsp3) is 0.583. The first-order chi connectivity index (χ1) is 10.0. The van der Waals surface area contributed by atoms with E-state index < -0.39 is 0 Å². The van der Waals surface area contributed by atoms with Gasteiger partial charge < -0.3 is 21.4 Å². The Morgan fingerprint density at radius 1 is 0.700 bits per heavy atom. The average Bonchev–Trinajstić information content (AvgIpc) is 3.40. The summed E-state index contributed by atoms with van der Waals surface area (Å²) < 4.78 is 0. The van der Waals surface area contributed by atoms with Crippen molar-refractivity contribution in [3.05, 3.63) is 12.3 Å². The predicted molar refractivity (Wildman–Crippen MR) is 84.4 cm³/mol. The molecule has 0 amide bonds. The fourth-order valence-corrected chi connectivity index (χ4v) is 1.26. The quantitative estimate of drug-likeness (QED) is 0.371. The Kier molecular flexibility index (Phi) is 10.7. The number of hydrogen-bond donors (Lipinski definition) is 5. The maximum Gasteiger partial charge on any atom is 0.0825 e. The van der Waals surface area contributed by atoms with Crippen LogP contribution in [0.4, 0.5) is 0 Å². The molecule has 0 bridgehead atoms. The number of aliphatic imine (C=N–C) groups is 3. The van der Waals surface area contributed by atoms with E-state index in [2.05, 4.69) is 41.8 Å². The third-order valence-electron chi connectivity index (χ3n) is 2.23. The number of rotatable bonds is 0. The Bertz CT molecular complexity index is 235. The number of nitrogens with one attached hydrogen (secondary N) is 5. The van der Waals surface area contributed by atoms with E-state index >= 15 is 0 Å². The van der Waals surface area contributed by atoms with Crippen molar-refractivity contribution in [2.75, 3.05) is 45.8 Å². The average molecular weight is 280 g/mol. The monoisotopic (exact) mass is 280 g/mol. The third-order valence-corrected chi connectivity index (χ3v) is 2.23. The first-order valence-electron chi connectivity index (χ1n) is 6.78. The molecule has 0 aromatic carbocycles. The normalized spacial score (nSPS) is 19.2. The molecule has 0 aromatic heterocycles. The first kappa shape index (κ1) is 16.0. The van der Waals surface area contributed by atoms with Crippen LogP contribution in [0.15, 0.2) is 27.3 Å². The van der Waals surface area contributed by atoms with Crippen molar-refractivity contribution >= 4 is 19.0 Å². The van der Waals surface area contributed by atoms with Crippen molar-refractivity contribution in [2.24, 2.45) is 15.0 Å². The van der Waals surface area contributed by atoms with E-state index in [-0.39, 0.29) is 0 Å². The molecule has 8 heteroatoms. The zero-order chi connectivity index (χ0) is 14.1. The molecule has 4 rings (SSSR count). The van der Waals surface area contributed by atoms with Gasteiger partial charge in [-0.3, -0.25) is 15.0 Å². The number of nitrogens with zero attached hydrogens (tertiary/aromatic N) is 3. The molecule has 4 heterocycles. The highest BCUT2D eigenvalue weighted by Gasteiger charge is 1.83. The van der Waals surface area contributed by atoms with E-state index in [9.17, 15) is 0 Å². The molecular formula is C12H24N8. The van der Waals surface area contributed by atoms with Crippen LogP contribution in [0.5, 0.6) is 0 Å². The zero-order valence-corrected chi connectivity index (χ0v) is 11.7. The van der Waals surface area contributed by atoms with Crippen LogP contribution in [-0.2, 0) is 0 Å². The molecule has 0 saturated carbocycles. The van der Waals surface area contributed by atoms with Gasteiger partial charge in [-0.05, 0) is 0 Å². The largest absolute Gasteiger partial charge is 0.375 e. The van der Waals surface area contributed by atoms with Gasteiger partial charge in [-0.15, -0.1) is 0 Å². The van der Waals surface area contributed by atoms with Crippen molar-refractivity contribution in [1.82, 2.24) is 26.8 Å². The topological polar surface area (TPSA) is 97.2 Å². The van der Waals surface area contributed by atoms with Gasteiger partial charge in [-0.1, -0.05) is 6.08 Å². The first-order valence-corrected chi connectivity index (χ1v) is 6.78. The van der Waals surface area contributed by atoms with Gasteiger partial charge in [-0.2, -0.15) is 0 Å². The minimum Gasteiger partial charge on any atom is -0.375 e. The van der Waals surface area contributed by atoms with E-state index in [1.54, 1.807) is 19.0 Å². The van der Waals surface area contributed by atoms with Crippen molar-refractivity contribution in [3.8, 4) is 0 Å². The van der Waals surface area contributed by atoms with Crippen molar-refractivity contribution in [2.45, 2.75) is 0 Å². The maximum absolute atomic E-state index is 3.85. The van der Waals surface area contributed by atoms with E-state index in [4.69, 9.17) is 0 Å². The molecule has 0 spiro atoms. The number of hydrazine groups is 1. The molecule has 0 aliphatic carbocycles. The molecule has 20 heavy (non-hydrogen) atoms. The molecule has 0 saturated heterocycles. The zero-order valence-electron chi connectivity index (χ0n) is 11.7. The summed E-state index contributed by atoms with van der Waals surface area (Å²) in [6.07, 6.45) is 9.10. The van der Waals surface area contributed by atoms with Crippen LogP contribution in [0, 0.1) is 0 Å². The Morgan fingerprint density at radius 3 is 1.30 bits per heavy atom. The van der Waals surface area contributed by atoms with Gasteiger partial charge in [0.1, 0.15) is 0 Å². The van der Waals surface area contributed by atoms with Crippen LogP contribution in [0.1, 0.15) is 0 Å². The molecule has 4 aliphatic heterocycles. The summed E-state index contributed by atoms with van der Waals surface area (Å²) in [5.74, 6) is 0. The molecule has 112 valence electrons. The van der Waals surface area contributed by atoms with Gasteiger partial charge >= 0.3 is 0 Å². The highest BCUT2D eigenvalue weighted by molar-refractivity contribution is 5.56. The minimum absolute atomic E-state index is 0.958. The summed E-state index contributed by atoms with van der Waals surface area (Å²) in [5.41, 5.74) is 5.65. The van der Waals surface area contributed by atoms with Crippen LogP contribution >= 0.6 is 0 Å². The molecular weight excluding hydrogens is 256 g/mol. The van der Waals surface area contributed by atoms with E-state index in [0.717, 1.165) is 45.8 Å². The summed E-state index contributed by atoms with van der Waals surface area (Å²) in [6, 6.07) is 0. The van der Waals surface area contributed by atoms with Crippen LogP contribution < -0.4 is 26.8 Å². The molecule has 0 unspecified atom stereocenters. The molecule has 0 fully saturated rings. The van der Waals surface area contributed by atoms with Gasteiger partial charge in [0, 0.05) is 32.4 Å². The van der Waals surface area contributed by atoms with Crippen LogP contribution in [0.3, 0.4) is 0 Å². The van der Waals surface area contributed by atoms with Crippen LogP contribution in [-0.4, -0.2) is 64.8 Å². The van der Waals surface area contributed by atoms with E-state index in [1.807, 2.05) is 12.3 Å². The van der Waals surface area contributed by atoms with Crippen LogP contribution in [0.2, 0.25) is 0 Å². The van der Waals surface area contributed by atoms with E-state index in [1.165, 1.54) is 0 Å². The highest BCUT2D eigenvalue weighted by Crippen LogP contribution is 1.69. The Hall–Kier alpha value is -2.09. The number of hydrogen-bond acceptors (Lipinski definition) is 8.